The van der Waals surface area contributed by atoms with Gasteiger partial charge in [0, 0.05) is 11.3 Å². The van der Waals surface area contributed by atoms with Gasteiger partial charge in [-0.2, -0.15) is 10.2 Å². The summed E-state index contributed by atoms with van der Waals surface area (Å²) in [6.45, 7) is 4.42. The van der Waals surface area contributed by atoms with E-state index in [1.54, 1.807) is 0 Å². The summed E-state index contributed by atoms with van der Waals surface area (Å²) in [5.41, 5.74) is 10.5. The second kappa shape index (κ2) is 6.66. The third kappa shape index (κ3) is 3.57. The SMILES string of the molecule is Cc1nn(Cc2ccccc2)c(C)c1/C=N/NC(=O)C(N)=O. The number of nitrogens with zero attached hydrogens (tertiary/aromatic N) is 3. The molecule has 7 heteroatoms. The molecule has 0 bridgehead atoms. The van der Waals surface area contributed by atoms with Crippen LogP contribution in [0.5, 0.6) is 0 Å². The third-order valence-corrected chi connectivity index (χ3v) is 3.20. The summed E-state index contributed by atoms with van der Waals surface area (Å²) in [7, 11) is 0. The molecule has 0 saturated carbocycles. The predicted molar refractivity (Wildman–Crippen MR) is 82.2 cm³/mol. The third-order valence-electron chi connectivity index (χ3n) is 3.20. The molecule has 114 valence electrons. The van der Waals surface area contributed by atoms with Crippen molar-refractivity contribution in [2.24, 2.45) is 10.8 Å². The summed E-state index contributed by atoms with van der Waals surface area (Å²) in [6, 6.07) is 9.96. The summed E-state index contributed by atoms with van der Waals surface area (Å²) < 4.78 is 1.86. The highest BCUT2D eigenvalue weighted by Crippen LogP contribution is 2.12. The van der Waals surface area contributed by atoms with Crippen LogP contribution in [0.2, 0.25) is 0 Å². The van der Waals surface area contributed by atoms with Gasteiger partial charge in [-0.15, -0.1) is 0 Å². The van der Waals surface area contributed by atoms with Crippen LogP contribution in [0, 0.1) is 13.8 Å². The van der Waals surface area contributed by atoms with Crippen molar-refractivity contribution in [3.05, 3.63) is 52.8 Å². The van der Waals surface area contributed by atoms with Crippen LogP contribution >= 0.6 is 0 Å². The second-order valence-electron chi connectivity index (χ2n) is 4.79. The quantitative estimate of drug-likeness (QED) is 0.487. The smallest absolute Gasteiger partial charge is 0.329 e. The number of carbonyl (C=O) groups excluding carboxylic acids is 2. The average molecular weight is 299 g/mol. The van der Waals surface area contributed by atoms with Gasteiger partial charge in [-0.1, -0.05) is 30.3 Å². The van der Waals surface area contributed by atoms with E-state index < -0.39 is 11.8 Å². The standard InChI is InChI=1S/C15H17N5O2/c1-10-13(8-17-18-15(22)14(16)21)11(2)20(19-10)9-12-6-4-3-5-7-12/h3-8H,9H2,1-2H3,(H2,16,21)(H,18,22)/b17-8+. The number of hydrogen-bond donors (Lipinski definition) is 2. The van der Waals surface area contributed by atoms with Gasteiger partial charge in [0.15, 0.2) is 0 Å². The van der Waals surface area contributed by atoms with Crippen molar-refractivity contribution >= 4 is 18.0 Å². The molecule has 0 saturated heterocycles. The van der Waals surface area contributed by atoms with Gasteiger partial charge in [0.05, 0.1) is 18.5 Å². The molecule has 2 amide bonds. The maximum Gasteiger partial charge on any atom is 0.329 e. The first-order valence-electron chi connectivity index (χ1n) is 6.70. The van der Waals surface area contributed by atoms with E-state index in [1.165, 1.54) is 6.21 Å². The van der Waals surface area contributed by atoms with Crippen molar-refractivity contribution in [3.63, 3.8) is 0 Å². The van der Waals surface area contributed by atoms with Crippen LogP contribution in [0.4, 0.5) is 0 Å². The molecule has 0 atom stereocenters. The number of aryl methyl sites for hydroxylation is 1. The number of hydrazone groups is 1. The molecule has 1 aromatic heterocycles. The average Bonchev–Trinajstić information content (AvgIpc) is 2.75. The van der Waals surface area contributed by atoms with Gasteiger partial charge in [0.2, 0.25) is 0 Å². The molecule has 2 aromatic rings. The largest absolute Gasteiger partial charge is 0.361 e. The minimum absolute atomic E-state index is 0.648. The number of hydrogen-bond acceptors (Lipinski definition) is 4. The second-order valence-corrected chi connectivity index (χ2v) is 4.79. The van der Waals surface area contributed by atoms with Crippen LogP contribution in [0.15, 0.2) is 35.4 Å². The predicted octanol–water partition coefficient (Wildman–Crippen LogP) is 0.484. The van der Waals surface area contributed by atoms with Crippen LogP contribution in [-0.4, -0.2) is 27.8 Å². The highest BCUT2D eigenvalue weighted by Gasteiger charge is 2.11. The molecule has 0 fully saturated rings. The fourth-order valence-electron chi connectivity index (χ4n) is 2.02. The minimum atomic E-state index is -1.08. The number of nitrogens with one attached hydrogen (secondary N) is 1. The summed E-state index contributed by atoms with van der Waals surface area (Å²) in [4.78, 5) is 21.6. The van der Waals surface area contributed by atoms with Gasteiger partial charge in [0.25, 0.3) is 0 Å². The van der Waals surface area contributed by atoms with E-state index in [2.05, 4.69) is 15.6 Å². The zero-order valence-electron chi connectivity index (χ0n) is 12.4. The topological polar surface area (TPSA) is 102 Å². The maximum absolute atomic E-state index is 11.0. The molecular formula is C15H17N5O2. The zero-order valence-corrected chi connectivity index (χ0v) is 12.4. The van der Waals surface area contributed by atoms with E-state index in [9.17, 15) is 9.59 Å². The van der Waals surface area contributed by atoms with Crippen molar-refractivity contribution in [2.45, 2.75) is 20.4 Å². The molecule has 0 aliphatic carbocycles. The van der Waals surface area contributed by atoms with Crippen LogP contribution in [0.1, 0.15) is 22.5 Å². The summed E-state index contributed by atoms with van der Waals surface area (Å²) in [6.07, 6.45) is 1.46. The highest BCUT2D eigenvalue weighted by atomic mass is 16.2. The van der Waals surface area contributed by atoms with Gasteiger partial charge in [-0.05, 0) is 19.4 Å². The van der Waals surface area contributed by atoms with Crippen LogP contribution in [0.25, 0.3) is 0 Å². The zero-order chi connectivity index (χ0) is 16.1. The normalized spacial score (nSPS) is 10.8. The molecule has 22 heavy (non-hydrogen) atoms. The number of aromatic nitrogens is 2. The molecule has 2 rings (SSSR count). The fourth-order valence-corrected chi connectivity index (χ4v) is 2.02. The van der Waals surface area contributed by atoms with E-state index in [1.807, 2.05) is 48.9 Å². The molecule has 3 N–H and O–H groups in total. The van der Waals surface area contributed by atoms with E-state index in [0.29, 0.717) is 6.54 Å². The number of nitrogens with two attached hydrogens (primary N) is 1. The Morgan fingerprint density at radius 1 is 1.32 bits per heavy atom. The van der Waals surface area contributed by atoms with Crippen molar-refractivity contribution in [1.82, 2.24) is 15.2 Å². The molecular weight excluding hydrogens is 282 g/mol. The monoisotopic (exact) mass is 299 g/mol. The molecule has 1 heterocycles. The fraction of sp³-hybridized carbons (Fsp3) is 0.200. The summed E-state index contributed by atoms with van der Waals surface area (Å²) in [5, 5.41) is 8.19. The molecule has 0 radical (unpaired) electrons. The van der Waals surface area contributed by atoms with Crippen LogP contribution in [0.3, 0.4) is 0 Å². The lowest BCUT2D eigenvalue weighted by Gasteiger charge is -2.04. The molecule has 1 aromatic carbocycles. The van der Waals surface area contributed by atoms with Crippen molar-refractivity contribution in [1.29, 1.82) is 0 Å². The van der Waals surface area contributed by atoms with Gasteiger partial charge >= 0.3 is 11.8 Å². The van der Waals surface area contributed by atoms with Crippen molar-refractivity contribution in [3.8, 4) is 0 Å². The molecule has 0 unspecified atom stereocenters. The van der Waals surface area contributed by atoms with E-state index in [0.717, 1.165) is 22.5 Å². The van der Waals surface area contributed by atoms with Gasteiger partial charge < -0.3 is 5.73 Å². The number of rotatable bonds is 4. The number of carbonyl (C=O) groups is 2. The molecule has 0 aliphatic rings. The van der Waals surface area contributed by atoms with Crippen LogP contribution < -0.4 is 11.2 Å². The Bertz CT molecular complexity index is 719. The number of primary amides is 1. The Balaban J connectivity index is 2.15. The van der Waals surface area contributed by atoms with E-state index in [4.69, 9.17) is 5.73 Å². The lowest BCUT2D eigenvalue weighted by Crippen LogP contribution is -2.32. The Morgan fingerprint density at radius 2 is 2.00 bits per heavy atom. The van der Waals surface area contributed by atoms with Gasteiger partial charge in [0.1, 0.15) is 0 Å². The first kappa shape index (κ1) is 15.4. The first-order chi connectivity index (χ1) is 10.5. The first-order valence-corrected chi connectivity index (χ1v) is 6.70. The summed E-state index contributed by atoms with van der Waals surface area (Å²) in [5.74, 6) is -2.03. The Morgan fingerprint density at radius 3 is 2.64 bits per heavy atom. The number of amides is 2. The molecule has 0 aliphatic heterocycles. The number of benzene rings is 1. The molecule has 0 spiro atoms. The maximum atomic E-state index is 11.0. The van der Waals surface area contributed by atoms with E-state index >= 15 is 0 Å². The highest BCUT2D eigenvalue weighted by molar-refractivity contribution is 6.34. The molecule has 7 nitrogen and oxygen atoms in total. The summed E-state index contributed by atoms with van der Waals surface area (Å²) >= 11 is 0. The lowest BCUT2D eigenvalue weighted by atomic mass is 10.2. The van der Waals surface area contributed by atoms with Gasteiger partial charge in [-0.25, -0.2) is 5.43 Å². The van der Waals surface area contributed by atoms with Crippen LogP contribution in [-0.2, 0) is 16.1 Å². The van der Waals surface area contributed by atoms with E-state index in [-0.39, 0.29) is 0 Å². The Hall–Kier alpha value is -2.96. The van der Waals surface area contributed by atoms with Gasteiger partial charge in [-0.3, -0.25) is 14.3 Å². The van der Waals surface area contributed by atoms with Crippen molar-refractivity contribution < 1.29 is 9.59 Å². The Kier molecular flexibility index (Phi) is 4.67. The Labute approximate surface area is 127 Å². The lowest BCUT2D eigenvalue weighted by molar-refractivity contribution is -0.137. The minimum Gasteiger partial charge on any atom is -0.361 e. The van der Waals surface area contributed by atoms with Crippen molar-refractivity contribution in [2.75, 3.05) is 0 Å².